The standard InChI is InChI=1S/C19H28N2O3/c1-2-24-19(23)17(14-16-6-4-3-5-7-16)21-18(22)9-8-15-10-12-20-13-11-15/h3-7,15,17,20H,2,8-14H2,1H3,(H,21,22). The summed E-state index contributed by atoms with van der Waals surface area (Å²) in [6, 6.07) is 9.07. The minimum atomic E-state index is -0.618. The number of nitrogens with one attached hydrogen (secondary N) is 2. The zero-order chi connectivity index (χ0) is 17.2. The average molecular weight is 332 g/mol. The molecular weight excluding hydrogens is 304 g/mol. The summed E-state index contributed by atoms with van der Waals surface area (Å²) in [5.41, 5.74) is 1.01. The predicted molar refractivity (Wildman–Crippen MR) is 93.5 cm³/mol. The Balaban J connectivity index is 1.86. The number of benzene rings is 1. The molecular formula is C19H28N2O3. The summed E-state index contributed by atoms with van der Waals surface area (Å²) < 4.78 is 5.11. The fourth-order valence-electron chi connectivity index (χ4n) is 3.06. The van der Waals surface area contributed by atoms with Gasteiger partial charge in [0.2, 0.25) is 5.91 Å². The number of hydrogen-bond acceptors (Lipinski definition) is 4. The first-order valence-electron chi connectivity index (χ1n) is 8.89. The van der Waals surface area contributed by atoms with Crippen LogP contribution in [-0.4, -0.2) is 37.6 Å². The van der Waals surface area contributed by atoms with Gasteiger partial charge in [-0.1, -0.05) is 30.3 Å². The molecule has 132 valence electrons. The number of amides is 1. The van der Waals surface area contributed by atoms with Gasteiger partial charge in [0.1, 0.15) is 6.04 Å². The van der Waals surface area contributed by atoms with Crippen LogP contribution in [0.25, 0.3) is 0 Å². The topological polar surface area (TPSA) is 67.4 Å². The first-order valence-corrected chi connectivity index (χ1v) is 8.89. The van der Waals surface area contributed by atoms with Gasteiger partial charge in [-0.05, 0) is 50.8 Å². The van der Waals surface area contributed by atoms with E-state index in [4.69, 9.17) is 4.74 Å². The summed E-state index contributed by atoms with van der Waals surface area (Å²) in [7, 11) is 0. The lowest BCUT2D eigenvalue weighted by Crippen LogP contribution is -2.43. The number of esters is 1. The molecule has 1 aromatic rings. The normalized spacial score (nSPS) is 16.4. The van der Waals surface area contributed by atoms with E-state index in [-0.39, 0.29) is 11.9 Å². The highest BCUT2D eigenvalue weighted by molar-refractivity contribution is 5.84. The lowest BCUT2D eigenvalue weighted by molar-refractivity contribution is -0.147. The summed E-state index contributed by atoms with van der Waals surface area (Å²) in [4.78, 5) is 24.4. The van der Waals surface area contributed by atoms with E-state index in [1.807, 2.05) is 30.3 Å². The number of piperidine rings is 1. The maximum atomic E-state index is 12.3. The molecule has 24 heavy (non-hydrogen) atoms. The largest absolute Gasteiger partial charge is 0.464 e. The van der Waals surface area contributed by atoms with Crippen molar-refractivity contribution in [1.29, 1.82) is 0 Å². The number of carbonyl (C=O) groups excluding carboxylic acids is 2. The van der Waals surface area contributed by atoms with Crippen LogP contribution in [-0.2, 0) is 20.7 Å². The second-order valence-electron chi connectivity index (χ2n) is 6.29. The second-order valence-corrected chi connectivity index (χ2v) is 6.29. The van der Waals surface area contributed by atoms with Gasteiger partial charge in [-0.3, -0.25) is 4.79 Å². The molecule has 1 atom stereocenters. The number of rotatable bonds is 8. The Labute approximate surface area is 144 Å². The third kappa shape index (κ3) is 6.32. The quantitative estimate of drug-likeness (QED) is 0.715. The minimum Gasteiger partial charge on any atom is -0.464 e. The van der Waals surface area contributed by atoms with Crippen LogP contribution in [0.1, 0.15) is 38.2 Å². The van der Waals surface area contributed by atoms with Gasteiger partial charge in [0, 0.05) is 12.8 Å². The van der Waals surface area contributed by atoms with Gasteiger partial charge in [-0.25, -0.2) is 4.79 Å². The molecule has 2 rings (SSSR count). The Morgan fingerprint density at radius 2 is 1.96 bits per heavy atom. The number of ether oxygens (including phenoxy) is 1. The molecule has 2 N–H and O–H groups in total. The fourth-order valence-corrected chi connectivity index (χ4v) is 3.06. The molecule has 0 saturated carbocycles. The molecule has 1 aliphatic rings. The van der Waals surface area contributed by atoms with Crippen LogP contribution in [0.3, 0.4) is 0 Å². The highest BCUT2D eigenvalue weighted by atomic mass is 16.5. The van der Waals surface area contributed by atoms with Gasteiger partial charge in [-0.2, -0.15) is 0 Å². The summed E-state index contributed by atoms with van der Waals surface area (Å²) in [6.45, 7) is 4.16. The van der Waals surface area contributed by atoms with E-state index in [9.17, 15) is 9.59 Å². The molecule has 0 spiro atoms. The highest BCUT2D eigenvalue weighted by Gasteiger charge is 2.23. The maximum absolute atomic E-state index is 12.3. The van der Waals surface area contributed by atoms with Crippen molar-refractivity contribution in [2.75, 3.05) is 19.7 Å². The molecule has 1 aliphatic heterocycles. The van der Waals surface area contributed by atoms with Crippen molar-refractivity contribution in [2.45, 2.75) is 45.1 Å². The summed E-state index contributed by atoms with van der Waals surface area (Å²) in [5, 5.41) is 6.19. The fraction of sp³-hybridized carbons (Fsp3) is 0.579. The molecule has 0 radical (unpaired) electrons. The molecule has 0 bridgehead atoms. The zero-order valence-electron chi connectivity index (χ0n) is 14.4. The van der Waals surface area contributed by atoms with E-state index in [0.717, 1.165) is 37.9 Å². The van der Waals surface area contributed by atoms with Gasteiger partial charge < -0.3 is 15.4 Å². The summed E-state index contributed by atoms with van der Waals surface area (Å²) in [5.74, 6) is 0.172. The lowest BCUT2D eigenvalue weighted by Gasteiger charge is -2.23. The minimum absolute atomic E-state index is 0.0671. The van der Waals surface area contributed by atoms with Crippen molar-refractivity contribution in [1.82, 2.24) is 10.6 Å². The third-order valence-electron chi connectivity index (χ3n) is 4.43. The second kappa shape index (κ2) is 10.1. The first-order chi connectivity index (χ1) is 11.7. The predicted octanol–water partition coefficient (Wildman–Crippen LogP) is 2.06. The molecule has 1 amide bonds. The van der Waals surface area contributed by atoms with Gasteiger partial charge in [0.25, 0.3) is 0 Å². The van der Waals surface area contributed by atoms with E-state index >= 15 is 0 Å². The Morgan fingerprint density at radius 3 is 2.62 bits per heavy atom. The van der Waals surface area contributed by atoms with Crippen LogP contribution in [0, 0.1) is 5.92 Å². The Bertz CT molecular complexity index is 513. The molecule has 1 fully saturated rings. The molecule has 1 saturated heterocycles. The monoisotopic (exact) mass is 332 g/mol. The third-order valence-corrected chi connectivity index (χ3v) is 4.43. The molecule has 5 heteroatoms. The molecule has 1 heterocycles. The zero-order valence-corrected chi connectivity index (χ0v) is 14.4. The Hall–Kier alpha value is -1.88. The van der Waals surface area contributed by atoms with Crippen molar-refractivity contribution >= 4 is 11.9 Å². The highest BCUT2D eigenvalue weighted by Crippen LogP contribution is 2.17. The van der Waals surface area contributed by atoms with Crippen molar-refractivity contribution in [3.63, 3.8) is 0 Å². The summed E-state index contributed by atoms with van der Waals surface area (Å²) >= 11 is 0. The van der Waals surface area contributed by atoms with Gasteiger partial charge >= 0.3 is 5.97 Å². The van der Waals surface area contributed by atoms with E-state index in [1.54, 1.807) is 6.92 Å². The van der Waals surface area contributed by atoms with Crippen LogP contribution in [0.5, 0.6) is 0 Å². The van der Waals surface area contributed by atoms with Crippen molar-refractivity contribution in [3.8, 4) is 0 Å². The van der Waals surface area contributed by atoms with Crippen LogP contribution in [0.15, 0.2) is 30.3 Å². The Morgan fingerprint density at radius 1 is 1.25 bits per heavy atom. The van der Waals surface area contributed by atoms with E-state index in [2.05, 4.69) is 10.6 Å². The van der Waals surface area contributed by atoms with Crippen molar-refractivity contribution in [2.24, 2.45) is 5.92 Å². The smallest absolute Gasteiger partial charge is 0.328 e. The van der Waals surface area contributed by atoms with Gasteiger partial charge in [0.05, 0.1) is 6.61 Å². The summed E-state index contributed by atoms with van der Waals surface area (Å²) in [6.07, 6.45) is 4.06. The van der Waals surface area contributed by atoms with Crippen LogP contribution < -0.4 is 10.6 Å². The van der Waals surface area contributed by atoms with Crippen LogP contribution in [0.2, 0.25) is 0 Å². The van der Waals surface area contributed by atoms with E-state index < -0.39 is 6.04 Å². The van der Waals surface area contributed by atoms with Crippen LogP contribution >= 0.6 is 0 Å². The number of hydrogen-bond donors (Lipinski definition) is 2. The van der Waals surface area contributed by atoms with E-state index in [0.29, 0.717) is 25.4 Å². The lowest BCUT2D eigenvalue weighted by atomic mass is 9.93. The molecule has 5 nitrogen and oxygen atoms in total. The van der Waals surface area contributed by atoms with Crippen molar-refractivity contribution < 1.29 is 14.3 Å². The molecule has 1 aromatic carbocycles. The first kappa shape index (κ1) is 18.5. The number of carbonyl (C=O) groups is 2. The Kier molecular flexibility index (Phi) is 7.75. The van der Waals surface area contributed by atoms with E-state index in [1.165, 1.54) is 0 Å². The van der Waals surface area contributed by atoms with Gasteiger partial charge in [-0.15, -0.1) is 0 Å². The molecule has 0 aliphatic carbocycles. The SMILES string of the molecule is CCOC(=O)C(Cc1ccccc1)NC(=O)CCC1CCNCC1. The molecule has 0 aromatic heterocycles. The molecule has 1 unspecified atom stereocenters. The average Bonchev–Trinajstić information content (AvgIpc) is 2.61. The van der Waals surface area contributed by atoms with Crippen molar-refractivity contribution in [3.05, 3.63) is 35.9 Å². The maximum Gasteiger partial charge on any atom is 0.328 e. The van der Waals surface area contributed by atoms with Crippen LogP contribution in [0.4, 0.5) is 0 Å². The van der Waals surface area contributed by atoms with Gasteiger partial charge in [0.15, 0.2) is 0 Å².